The summed E-state index contributed by atoms with van der Waals surface area (Å²) in [5.74, 6) is 0.446. The van der Waals surface area contributed by atoms with Crippen LogP contribution in [-0.2, 0) is 22.7 Å². The first-order valence-electron chi connectivity index (χ1n) is 5.74. The molecule has 17 heavy (non-hydrogen) atoms. The lowest BCUT2D eigenvalue weighted by Crippen LogP contribution is -2.22. The molecule has 1 atom stereocenters. The van der Waals surface area contributed by atoms with Crippen LogP contribution in [0.25, 0.3) is 0 Å². The third-order valence-electron chi connectivity index (χ3n) is 2.68. The number of ether oxygens (including phenoxy) is 2. The van der Waals surface area contributed by atoms with Gasteiger partial charge in [-0.3, -0.25) is 4.79 Å². The number of rotatable bonds is 4. The SMILES string of the molecule is O=c1cc(COC2CCCCO2)occ1CO. The van der Waals surface area contributed by atoms with Crippen molar-refractivity contribution in [3.8, 4) is 0 Å². The Morgan fingerprint density at radius 2 is 2.35 bits per heavy atom. The Bertz CT molecular complexity index is 406. The average Bonchev–Trinajstić information content (AvgIpc) is 2.38. The fraction of sp³-hybridized carbons (Fsp3) is 0.583. The van der Waals surface area contributed by atoms with Gasteiger partial charge in [-0.15, -0.1) is 0 Å². The van der Waals surface area contributed by atoms with E-state index in [1.54, 1.807) is 0 Å². The highest BCUT2D eigenvalue weighted by Gasteiger charge is 2.14. The molecule has 0 spiro atoms. The molecule has 0 aliphatic carbocycles. The monoisotopic (exact) mass is 240 g/mol. The molecule has 0 aromatic carbocycles. The van der Waals surface area contributed by atoms with Crippen molar-refractivity contribution in [3.05, 3.63) is 33.9 Å². The third-order valence-corrected chi connectivity index (χ3v) is 2.68. The molecule has 1 aliphatic heterocycles. The van der Waals surface area contributed by atoms with Gasteiger partial charge in [0.15, 0.2) is 11.7 Å². The molecule has 5 nitrogen and oxygen atoms in total. The predicted molar refractivity (Wildman–Crippen MR) is 59.3 cm³/mol. The highest BCUT2D eigenvalue weighted by molar-refractivity contribution is 5.09. The van der Waals surface area contributed by atoms with Crippen molar-refractivity contribution in [2.75, 3.05) is 6.61 Å². The molecule has 0 radical (unpaired) electrons. The molecule has 94 valence electrons. The van der Waals surface area contributed by atoms with E-state index in [2.05, 4.69) is 0 Å². The van der Waals surface area contributed by atoms with Gasteiger partial charge in [-0.05, 0) is 19.3 Å². The second-order valence-corrected chi connectivity index (χ2v) is 4.00. The van der Waals surface area contributed by atoms with Gasteiger partial charge in [-0.2, -0.15) is 0 Å². The number of aliphatic hydroxyl groups is 1. The van der Waals surface area contributed by atoms with E-state index in [0.717, 1.165) is 25.9 Å². The first-order chi connectivity index (χ1) is 8.29. The molecular formula is C12H16O5. The molecule has 0 amide bonds. The van der Waals surface area contributed by atoms with E-state index in [-0.39, 0.29) is 30.5 Å². The van der Waals surface area contributed by atoms with Gasteiger partial charge >= 0.3 is 0 Å². The average molecular weight is 240 g/mol. The van der Waals surface area contributed by atoms with Crippen LogP contribution in [0.3, 0.4) is 0 Å². The van der Waals surface area contributed by atoms with Crippen LogP contribution in [0.2, 0.25) is 0 Å². The Kier molecular flexibility index (Phi) is 4.30. The van der Waals surface area contributed by atoms with E-state index in [1.165, 1.54) is 12.3 Å². The molecule has 1 fully saturated rings. The van der Waals surface area contributed by atoms with E-state index in [0.29, 0.717) is 5.76 Å². The smallest absolute Gasteiger partial charge is 0.190 e. The standard InChI is InChI=1S/C12H16O5/c13-6-9-7-16-10(5-11(9)14)8-17-12-3-1-2-4-15-12/h5,7,12-13H,1-4,6,8H2. The maximum absolute atomic E-state index is 11.4. The Labute approximate surface area is 99.0 Å². The Morgan fingerprint density at radius 3 is 3.00 bits per heavy atom. The van der Waals surface area contributed by atoms with Gasteiger partial charge in [0.2, 0.25) is 0 Å². The van der Waals surface area contributed by atoms with Crippen molar-refractivity contribution in [1.82, 2.24) is 0 Å². The van der Waals surface area contributed by atoms with Crippen LogP contribution in [0, 0.1) is 0 Å². The van der Waals surface area contributed by atoms with Crippen LogP contribution < -0.4 is 5.43 Å². The predicted octanol–water partition coefficient (Wildman–Crippen LogP) is 1.18. The fourth-order valence-electron chi connectivity index (χ4n) is 1.69. The summed E-state index contributed by atoms with van der Waals surface area (Å²) in [6.07, 6.45) is 4.10. The molecule has 1 aliphatic rings. The van der Waals surface area contributed by atoms with Crippen LogP contribution in [-0.4, -0.2) is 18.0 Å². The molecule has 1 aromatic heterocycles. The quantitative estimate of drug-likeness (QED) is 0.855. The lowest BCUT2D eigenvalue weighted by molar-refractivity contribution is -0.171. The lowest BCUT2D eigenvalue weighted by atomic mass is 10.2. The summed E-state index contributed by atoms with van der Waals surface area (Å²) < 4.78 is 16.1. The molecule has 2 rings (SSSR count). The molecular weight excluding hydrogens is 224 g/mol. The first-order valence-corrected chi connectivity index (χ1v) is 5.74. The van der Waals surface area contributed by atoms with Crippen molar-refractivity contribution in [3.63, 3.8) is 0 Å². The molecule has 0 saturated carbocycles. The normalized spacial score (nSPS) is 20.4. The molecule has 1 unspecified atom stereocenters. The topological polar surface area (TPSA) is 68.9 Å². The summed E-state index contributed by atoms with van der Waals surface area (Å²) in [5.41, 5.74) is 0.0181. The molecule has 0 bridgehead atoms. The van der Waals surface area contributed by atoms with Crippen molar-refractivity contribution in [1.29, 1.82) is 0 Å². The van der Waals surface area contributed by atoms with Gasteiger partial charge in [0.1, 0.15) is 18.6 Å². The number of hydrogen-bond acceptors (Lipinski definition) is 5. The van der Waals surface area contributed by atoms with Crippen molar-refractivity contribution >= 4 is 0 Å². The molecule has 1 N–H and O–H groups in total. The molecule has 1 aromatic rings. The third kappa shape index (κ3) is 3.39. The van der Waals surface area contributed by atoms with Gasteiger partial charge in [-0.25, -0.2) is 0 Å². The minimum atomic E-state index is -0.310. The summed E-state index contributed by atoms with van der Waals surface area (Å²) >= 11 is 0. The van der Waals surface area contributed by atoms with Crippen LogP contribution in [0.5, 0.6) is 0 Å². The van der Waals surface area contributed by atoms with Gasteiger partial charge in [0, 0.05) is 12.7 Å². The Morgan fingerprint density at radius 1 is 1.47 bits per heavy atom. The fourth-order valence-corrected chi connectivity index (χ4v) is 1.69. The van der Waals surface area contributed by atoms with E-state index in [9.17, 15) is 4.79 Å². The van der Waals surface area contributed by atoms with Crippen LogP contribution in [0.4, 0.5) is 0 Å². The number of aliphatic hydroxyl groups excluding tert-OH is 1. The summed E-state index contributed by atoms with van der Waals surface area (Å²) in [4.78, 5) is 11.4. The van der Waals surface area contributed by atoms with Gasteiger partial charge in [-0.1, -0.05) is 0 Å². The first kappa shape index (κ1) is 12.3. The summed E-state index contributed by atoms with van der Waals surface area (Å²) in [6, 6.07) is 1.34. The largest absolute Gasteiger partial charge is 0.466 e. The minimum absolute atomic E-state index is 0.202. The van der Waals surface area contributed by atoms with E-state index >= 15 is 0 Å². The number of hydrogen-bond donors (Lipinski definition) is 1. The molecule has 1 saturated heterocycles. The Hall–Kier alpha value is -1.17. The minimum Gasteiger partial charge on any atom is -0.466 e. The highest BCUT2D eigenvalue weighted by atomic mass is 16.7. The lowest BCUT2D eigenvalue weighted by Gasteiger charge is -2.22. The molecule has 2 heterocycles. The maximum atomic E-state index is 11.4. The van der Waals surface area contributed by atoms with E-state index in [4.69, 9.17) is 19.0 Å². The van der Waals surface area contributed by atoms with Crippen molar-refractivity contribution in [2.45, 2.75) is 38.8 Å². The van der Waals surface area contributed by atoms with Gasteiger partial charge < -0.3 is 19.0 Å². The summed E-state index contributed by atoms with van der Waals surface area (Å²) in [5, 5.41) is 8.83. The Balaban J connectivity index is 1.90. The zero-order valence-electron chi connectivity index (χ0n) is 9.55. The summed E-state index contributed by atoms with van der Waals surface area (Å²) in [6.45, 7) is 0.624. The zero-order valence-corrected chi connectivity index (χ0v) is 9.55. The van der Waals surface area contributed by atoms with Crippen molar-refractivity contribution < 1.29 is 19.0 Å². The van der Waals surface area contributed by atoms with Crippen molar-refractivity contribution in [2.24, 2.45) is 0 Å². The van der Waals surface area contributed by atoms with E-state index in [1.807, 2.05) is 0 Å². The van der Waals surface area contributed by atoms with Gasteiger partial charge in [0.05, 0.1) is 12.2 Å². The zero-order chi connectivity index (χ0) is 12.1. The second-order valence-electron chi connectivity index (χ2n) is 4.00. The second kappa shape index (κ2) is 5.95. The van der Waals surface area contributed by atoms with Gasteiger partial charge in [0.25, 0.3) is 0 Å². The van der Waals surface area contributed by atoms with E-state index < -0.39 is 0 Å². The van der Waals surface area contributed by atoms with Crippen LogP contribution in [0.15, 0.2) is 21.5 Å². The van der Waals surface area contributed by atoms with Crippen LogP contribution >= 0.6 is 0 Å². The summed E-state index contributed by atoms with van der Waals surface area (Å²) in [7, 11) is 0. The highest BCUT2D eigenvalue weighted by Crippen LogP contribution is 2.15. The van der Waals surface area contributed by atoms with Crippen LogP contribution in [0.1, 0.15) is 30.6 Å². The maximum Gasteiger partial charge on any atom is 0.190 e. The molecule has 5 heteroatoms.